The van der Waals surface area contributed by atoms with Crippen molar-refractivity contribution in [2.45, 2.75) is 77.3 Å². The number of nitrogen functional groups attached to an aromatic ring is 1. The van der Waals surface area contributed by atoms with Gasteiger partial charge in [0.1, 0.15) is 0 Å². The number of rotatable bonds is 15. The van der Waals surface area contributed by atoms with Crippen molar-refractivity contribution in [3.63, 3.8) is 0 Å². The molecule has 3 N–H and O–H groups in total. The Kier molecular flexibility index (Phi) is 13.9. The summed E-state index contributed by atoms with van der Waals surface area (Å²) in [4.78, 5) is 28.0. The van der Waals surface area contributed by atoms with Gasteiger partial charge in [-0.2, -0.15) is 0 Å². The molecule has 242 valence electrons. The second-order valence-corrected chi connectivity index (χ2v) is 13.0. The van der Waals surface area contributed by atoms with Crippen molar-refractivity contribution in [1.82, 2.24) is 4.90 Å². The van der Waals surface area contributed by atoms with Gasteiger partial charge in [0.2, 0.25) is 0 Å². The van der Waals surface area contributed by atoms with Gasteiger partial charge in [0, 0.05) is 22.7 Å². The molecule has 0 heterocycles. The number of carbonyl (C=O) groups excluding carboxylic acids is 2. The van der Waals surface area contributed by atoms with Gasteiger partial charge in [-0.15, -0.1) is 0 Å². The Balaban J connectivity index is 1.18. The van der Waals surface area contributed by atoms with Crippen LogP contribution >= 0.6 is 39.1 Å². The van der Waals surface area contributed by atoms with E-state index in [1.165, 1.54) is 32.1 Å². The van der Waals surface area contributed by atoms with Crippen LogP contribution in [0.5, 0.6) is 0 Å². The van der Waals surface area contributed by atoms with Crippen LogP contribution in [0.2, 0.25) is 10.0 Å². The maximum atomic E-state index is 12.9. The van der Waals surface area contributed by atoms with Crippen molar-refractivity contribution in [1.29, 1.82) is 0 Å². The summed E-state index contributed by atoms with van der Waals surface area (Å²) in [6.07, 6.45) is 8.49. The van der Waals surface area contributed by atoms with E-state index in [-0.39, 0.29) is 25.6 Å². The summed E-state index contributed by atoms with van der Waals surface area (Å²) in [7, 11) is 0. The summed E-state index contributed by atoms with van der Waals surface area (Å²) in [5.41, 5.74) is 10.2. The van der Waals surface area contributed by atoms with Gasteiger partial charge in [0.05, 0.1) is 46.6 Å². The number of halogens is 3. The molecular weight excluding hydrogens is 677 g/mol. The molecule has 0 aromatic heterocycles. The van der Waals surface area contributed by atoms with Crippen molar-refractivity contribution in [3.05, 3.63) is 85.8 Å². The highest BCUT2D eigenvalue weighted by atomic mass is 79.9. The normalized spacial score (nSPS) is 13.5. The first-order valence-electron chi connectivity index (χ1n) is 15.7. The second kappa shape index (κ2) is 17.8. The fourth-order valence-electron chi connectivity index (χ4n) is 5.68. The molecule has 0 saturated heterocycles. The van der Waals surface area contributed by atoms with E-state index in [1.807, 2.05) is 36.4 Å². The van der Waals surface area contributed by atoms with E-state index in [2.05, 4.69) is 33.1 Å². The predicted octanol–water partition coefficient (Wildman–Crippen LogP) is 9.35. The third-order valence-corrected chi connectivity index (χ3v) is 9.44. The van der Waals surface area contributed by atoms with Crippen LogP contribution in [-0.2, 0) is 27.2 Å². The van der Waals surface area contributed by atoms with Gasteiger partial charge in [-0.25, -0.2) is 4.79 Å². The number of benzene rings is 3. The van der Waals surface area contributed by atoms with Crippen LogP contribution in [-0.4, -0.2) is 42.6 Å². The number of para-hydroxylation sites is 2. The molecule has 0 aliphatic heterocycles. The fourth-order valence-corrected chi connectivity index (χ4v) is 6.68. The zero-order valence-electron chi connectivity index (χ0n) is 25.8. The van der Waals surface area contributed by atoms with E-state index >= 15 is 0 Å². The minimum atomic E-state index is -0.424. The molecular formula is C35H42BrCl2N3O4. The lowest BCUT2D eigenvalue weighted by Crippen LogP contribution is -2.36. The second-order valence-electron chi connectivity index (χ2n) is 11.4. The number of carbonyl (C=O) groups is 2. The Morgan fingerprint density at radius 3 is 2.36 bits per heavy atom. The largest absolute Gasteiger partial charge is 0.465 e. The number of nitrogens with one attached hydrogen (secondary N) is 1. The number of esters is 2. The maximum Gasteiger partial charge on any atom is 0.340 e. The number of anilines is 3. The van der Waals surface area contributed by atoms with Crippen LogP contribution in [0.1, 0.15) is 79.8 Å². The zero-order valence-corrected chi connectivity index (χ0v) is 28.9. The number of nitrogens with zero attached hydrogens (tertiary/aromatic N) is 1. The van der Waals surface area contributed by atoms with Gasteiger partial charge in [-0.1, -0.05) is 73.7 Å². The molecule has 3 aromatic rings. The van der Waals surface area contributed by atoms with Crippen molar-refractivity contribution in [3.8, 4) is 0 Å². The van der Waals surface area contributed by atoms with Crippen molar-refractivity contribution in [2.75, 3.05) is 30.8 Å². The van der Waals surface area contributed by atoms with Gasteiger partial charge in [-0.05, 0) is 96.0 Å². The Bertz CT molecular complexity index is 1430. The lowest BCUT2D eigenvalue weighted by atomic mass is 9.93. The Labute approximate surface area is 284 Å². The van der Waals surface area contributed by atoms with Gasteiger partial charge < -0.3 is 20.5 Å². The van der Waals surface area contributed by atoms with Crippen molar-refractivity contribution in [2.24, 2.45) is 0 Å². The third kappa shape index (κ3) is 10.4. The van der Waals surface area contributed by atoms with Gasteiger partial charge >= 0.3 is 11.9 Å². The topological polar surface area (TPSA) is 93.9 Å². The minimum Gasteiger partial charge on any atom is -0.465 e. The molecule has 0 bridgehead atoms. The molecule has 0 amide bonds. The van der Waals surface area contributed by atoms with E-state index in [4.69, 9.17) is 38.4 Å². The number of hydrogen-bond acceptors (Lipinski definition) is 7. The van der Waals surface area contributed by atoms with E-state index in [9.17, 15) is 9.59 Å². The molecule has 1 saturated carbocycles. The smallest absolute Gasteiger partial charge is 0.340 e. The SMILES string of the molecule is CCN(Cc1cc(Br)c(N)c(C(=O)OCCCCCOC(=O)Cc2ccccc2Nc2c(Cl)cccc2Cl)c1)C1CCCCC1. The lowest BCUT2D eigenvalue weighted by Gasteiger charge is -2.33. The molecule has 0 atom stereocenters. The highest BCUT2D eigenvalue weighted by Crippen LogP contribution is 2.34. The summed E-state index contributed by atoms with van der Waals surface area (Å²) in [6.45, 7) is 4.48. The molecule has 4 rings (SSSR count). The van der Waals surface area contributed by atoms with Crippen LogP contribution in [0, 0.1) is 0 Å². The molecule has 10 heteroatoms. The molecule has 0 spiro atoms. The van der Waals surface area contributed by atoms with Gasteiger partial charge in [0.25, 0.3) is 0 Å². The molecule has 0 unspecified atom stereocenters. The molecule has 0 radical (unpaired) electrons. The Morgan fingerprint density at radius 1 is 0.956 bits per heavy atom. The summed E-state index contributed by atoms with van der Waals surface area (Å²) >= 11 is 16.1. The van der Waals surface area contributed by atoms with Crippen molar-refractivity contribution < 1.29 is 19.1 Å². The first-order valence-corrected chi connectivity index (χ1v) is 17.2. The average Bonchev–Trinajstić information content (AvgIpc) is 3.03. The fraction of sp³-hybridized carbons (Fsp3) is 0.429. The van der Waals surface area contributed by atoms with Crippen LogP contribution < -0.4 is 11.1 Å². The molecule has 3 aromatic carbocycles. The predicted molar refractivity (Wildman–Crippen MR) is 186 cm³/mol. The van der Waals surface area contributed by atoms with Gasteiger partial charge in [-0.3, -0.25) is 9.69 Å². The molecule has 45 heavy (non-hydrogen) atoms. The third-order valence-electron chi connectivity index (χ3n) is 8.15. The van der Waals surface area contributed by atoms with E-state index < -0.39 is 5.97 Å². The first kappa shape index (κ1) is 35.1. The van der Waals surface area contributed by atoms with E-state index in [0.717, 1.165) is 36.3 Å². The first-order chi connectivity index (χ1) is 21.8. The van der Waals surface area contributed by atoms with Crippen LogP contribution in [0.4, 0.5) is 17.1 Å². The van der Waals surface area contributed by atoms with E-state index in [1.54, 1.807) is 18.2 Å². The lowest BCUT2D eigenvalue weighted by molar-refractivity contribution is -0.142. The van der Waals surface area contributed by atoms with Crippen LogP contribution in [0.15, 0.2) is 59.1 Å². The maximum absolute atomic E-state index is 12.9. The minimum absolute atomic E-state index is 0.107. The quantitative estimate of drug-likeness (QED) is 0.0919. The summed E-state index contributed by atoms with van der Waals surface area (Å²) in [5, 5.41) is 4.21. The van der Waals surface area contributed by atoms with E-state index in [0.29, 0.717) is 50.3 Å². The zero-order chi connectivity index (χ0) is 32.2. The Morgan fingerprint density at radius 2 is 1.64 bits per heavy atom. The molecule has 1 aliphatic rings. The average molecular weight is 720 g/mol. The van der Waals surface area contributed by atoms with Crippen LogP contribution in [0.3, 0.4) is 0 Å². The summed E-state index contributed by atoms with van der Waals surface area (Å²) in [5.74, 6) is -0.750. The molecule has 7 nitrogen and oxygen atoms in total. The van der Waals surface area contributed by atoms with Crippen molar-refractivity contribution >= 4 is 68.1 Å². The molecule has 1 fully saturated rings. The monoisotopic (exact) mass is 717 g/mol. The number of hydrogen-bond donors (Lipinski definition) is 2. The molecule has 1 aliphatic carbocycles. The number of unbranched alkanes of at least 4 members (excludes halogenated alkanes) is 2. The summed E-state index contributed by atoms with van der Waals surface area (Å²) in [6, 6.07) is 17.2. The standard InChI is InChI=1S/C35H42BrCl2N3O4/c1-2-41(26-13-5-3-6-14-26)23-24-20-27(33(39)28(36)21-24)35(43)45-19-10-4-9-18-44-32(42)22-25-12-7-8-17-31(25)40-34-29(37)15-11-16-30(34)38/h7-8,11-12,15-17,20-21,26,40H,2-6,9-10,13-14,18-19,22-23,39H2,1H3. The highest BCUT2D eigenvalue weighted by Gasteiger charge is 2.22. The Hall–Kier alpha value is -2.78. The number of nitrogens with two attached hydrogens (primary N) is 1. The summed E-state index contributed by atoms with van der Waals surface area (Å²) < 4.78 is 11.7. The van der Waals surface area contributed by atoms with Crippen LogP contribution in [0.25, 0.3) is 0 Å². The van der Waals surface area contributed by atoms with Gasteiger partial charge in [0.15, 0.2) is 0 Å². The number of ether oxygens (including phenoxy) is 2. The highest BCUT2D eigenvalue weighted by molar-refractivity contribution is 9.10.